The Morgan fingerprint density at radius 2 is 1.81 bits per heavy atom. The van der Waals surface area contributed by atoms with Gasteiger partial charge in [-0.1, -0.05) is 43.7 Å². The predicted molar refractivity (Wildman–Crippen MR) is 124 cm³/mol. The Morgan fingerprint density at radius 1 is 1.00 bits per heavy atom. The number of nitrogens with zero attached hydrogens (tertiary/aromatic N) is 4. The van der Waals surface area contributed by atoms with Gasteiger partial charge in [0.25, 0.3) is 0 Å². The van der Waals surface area contributed by atoms with E-state index >= 15 is 0 Å². The Bertz CT molecular complexity index is 1160. The van der Waals surface area contributed by atoms with Gasteiger partial charge in [-0.15, -0.1) is 0 Å². The predicted octanol–water partition coefficient (Wildman–Crippen LogP) is 4.73. The van der Waals surface area contributed by atoms with Gasteiger partial charge in [-0.3, -0.25) is 4.79 Å². The summed E-state index contributed by atoms with van der Waals surface area (Å²) < 4.78 is 0. The topological polar surface area (TPSA) is 51.0 Å². The average molecular weight is 413 g/mol. The lowest BCUT2D eigenvalue weighted by Crippen LogP contribution is -2.24. The van der Waals surface area contributed by atoms with E-state index in [-0.39, 0.29) is 5.78 Å². The molecular formula is C26H28N4O. The van der Waals surface area contributed by atoms with Crippen LogP contribution in [0.2, 0.25) is 0 Å². The number of rotatable bonds is 6. The van der Waals surface area contributed by atoms with Crippen LogP contribution >= 0.6 is 0 Å². The van der Waals surface area contributed by atoms with Gasteiger partial charge in [0.2, 0.25) is 0 Å². The molecule has 0 amide bonds. The smallest absolute Gasteiger partial charge is 0.163 e. The summed E-state index contributed by atoms with van der Waals surface area (Å²) in [4.78, 5) is 16.6. The lowest BCUT2D eigenvalue weighted by Gasteiger charge is -2.19. The molecule has 0 saturated carbocycles. The summed E-state index contributed by atoms with van der Waals surface area (Å²) in [6.07, 6.45) is 9.18. The summed E-state index contributed by atoms with van der Waals surface area (Å²) in [7, 11) is 0. The second-order valence-corrected chi connectivity index (χ2v) is 8.40. The molecule has 0 spiro atoms. The minimum absolute atomic E-state index is 0.263. The van der Waals surface area contributed by atoms with Crippen LogP contribution in [0.3, 0.4) is 0 Å². The van der Waals surface area contributed by atoms with E-state index in [9.17, 15) is 4.79 Å². The van der Waals surface area contributed by atoms with Crippen molar-refractivity contribution in [2.45, 2.75) is 39.5 Å². The lowest BCUT2D eigenvalue weighted by molar-refractivity contribution is 0.0994. The Hall–Kier alpha value is -3.05. The number of hydrogen-bond donors (Lipinski definition) is 0. The maximum Gasteiger partial charge on any atom is 0.163 e. The van der Waals surface area contributed by atoms with E-state index in [1.807, 2.05) is 6.07 Å². The molecule has 1 heterocycles. The van der Waals surface area contributed by atoms with Gasteiger partial charge < -0.3 is 4.90 Å². The first-order valence-corrected chi connectivity index (χ1v) is 11.3. The van der Waals surface area contributed by atoms with Crippen LogP contribution in [0.5, 0.6) is 0 Å². The summed E-state index contributed by atoms with van der Waals surface area (Å²) in [5, 5.41) is 8.63. The van der Waals surface area contributed by atoms with E-state index in [2.05, 4.69) is 59.3 Å². The van der Waals surface area contributed by atoms with Crippen LogP contribution in [0.4, 0.5) is 0 Å². The first-order valence-electron chi connectivity index (χ1n) is 11.3. The largest absolute Gasteiger partial charge is 0.304 e. The van der Waals surface area contributed by atoms with Crippen molar-refractivity contribution in [3.63, 3.8) is 0 Å². The van der Waals surface area contributed by atoms with Gasteiger partial charge in [-0.25, -0.2) is 0 Å². The lowest BCUT2D eigenvalue weighted by atomic mass is 9.90. The Labute approximate surface area is 183 Å². The number of benzene rings is 2. The van der Waals surface area contributed by atoms with Gasteiger partial charge in [-0.05, 0) is 72.3 Å². The third kappa shape index (κ3) is 3.63. The zero-order valence-corrected chi connectivity index (χ0v) is 18.3. The maximum atomic E-state index is 12.5. The molecule has 0 unspecified atom stereocenters. The average Bonchev–Trinajstić information content (AvgIpc) is 3.42. The van der Waals surface area contributed by atoms with Crippen molar-refractivity contribution >= 4 is 11.9 Å². The third-order valence-electron chi connectivity index (χ3n) is 6.68. The fourth-order valence-corrected chi connectivity index (χ4v) is 4.94. The van der Waals surface area contributed by atoms with E-state index in [1.165, 1.54) is 33.4 Å². The van der Waals surface area contributed by atoms with Crippen molar-refractivity contribution in [1.29, 1.82) is 0 Å². The van der Waals surface area contributed by atoms with Gasteiger partial charge in [0, 0.05) is 18.5 Å². The highest BCUT2D eigenvalue weighted by atomic mass is 16.1. The molecule has 0 radical (unpaired) electrons. The number of carbonyl (C=O) groups is 1. The summed E-state index contributed by atoms with van der Waals surface area (Å²) >= 11 is 0. The number of ketones is 1. The number of hydrogen-bond acceptors (Lipinski definition) is 4. The molecule has 0 saturated heterocycles. The molecule has 1 aromatic heterocycles. The third-order valence-corrected chi connectivity index (χ3v) is 6.68. The summed E-state index contributed by atoms with van der Waals surface area (Å²) in [6.45, 7) is 7.67. The molecule has 5 rings (SSSR count). The van der Waals surface area contributed by atoms with Gasteiger partial charge in [-0.2, -0.15) is 15.0 Å². The van der Waals surface area contributed by atoms with Gasteiger partial charge in [0.15, 0.2) is 5.78 Å². The zero-order chi connectivity index (χ0) is 21.4. The molecule has 158 valence electrons. The van der Waals surface area contributed by atoms with Crippen LogP contribution in [-0.2, 0) is 12.8 Å². The van der Waals surface area contributed by atoms with E-state index < -0.39 is 0 Å². The van der Waals surface area contributed by atoms with Crippen LogP contribution in [-0.4, -0.2) is 45.3 Å². The zero-order valence-electron chi connectivity index (χ0n) is 18.3. The van der Waals surface area contributed by atoms with Gasteiger partial charge in [0.1, 0.15) is 0 Å². The first-order chi connectivity index (χ1) is 15.2. The van der Waals surface area contributed by atoms with Gasteiger partial charge in [0.05, 0.1) is 18.1 Å². The summed E-state index contributed by atoms with van der Waals surface area (Å²) in [5.41, 5.74) is 9.48. The Balaban J connectivity index is 1.64. The van der Waals surface area contributed by atoms with Crippen LogP contribution in [0.25, 0.3) is 22.9 Å². The molecule has 0 fully saturated rings. The molecule has 3 aromatic rings. The fraction of sp³-hybridized carbons (Fsp3) is 0.346. The van der Waals surface area contributed by atoms with E-state index in [0.29, 0.717) is 6.42 Å². The second kappa shape index (κ2) is 8.23. The normalized spacial score (nSPS) is 14.8. The van der Waals surface area contributed by atoms with Crippen LogP contribution < -0.4 is 0 Å². The molecule has 31 heavy (non-hydrogen) atoms. The number of fused-ring (bicyclic) bond motifs is 5. The molecule has 2 aromatic carbocycles. The molecule has 2 aliphatic rings. The number of Topliss-reactive ketones (excluding diaryl/α,β-unsaturated/α-hetero) is 1. The minimum Gasteiger partial charge on any atom is -0.304 e. The standard InChI is InChI=1S/C26H28N4O/c1-3-29(4-2)14-11-18-15-19-5-7-21(30-27-12-13-28-30)17-24(19)26-20(16-18)6-8-22-23(26)9-10-25(22)31/h5-8,12-13,16-17H,3-4,9-11,14-15H2,1-2H3. The molecular weight excluding hydrogens is 384 g/mol. The summed E-state index contributed by atoms with van der Waals surface area (Å²) in [6, 6.07) is 10.7. The Kier molecular flexibility index (Phi) is 5.28. The Morgan fingerprint density at radius 3 is 2.58 bits per heavy atom. The maximum absolute atomic E-state index is 12.5. The first kappa shape index (κ1) is 19.9. The molecule has 0 N–H and O–H groups in total. The molecule has 0 aliphatic heterocycles. The van der Waals surface area contributed by atoms with E-state index in [0.717, 1.165) is 50.1 Å². The number of aromatic nitrogens is 3. The quantitative estimate of drug-likeness (QED) is 0.587. The van der Waals surface area contributed by atoms with Crippen molar-refractivity contribution in [3.05, 3.63) is 70.6 Å². The van der Waals surface area contributed by atoms with Crippen molar-refractivity contribution in [3.8, 4) is 16.8 Å². The molecule has 2 aliphatic carbocycles. The number of carbonyl (C=O) groups excluding carboxylic acids is 1. The highest BCUT2D eigenvalue weighted by molar-refractivity contribution is 6.04. The molecule has 0 atom stereocenters. The highest BCUT2D eigenvalue weighted by Gasteiger charge is 2.27. The second-order valence-electron chi connectivity index (χ2n) is 8.40. The van der Waals surface area contributed by atoms with Crippen LogP contribution in [0.1, 0.15) is 53.7 Å². The van der Waals surface area contributed by atoms with Crippen LogP contribution in [0, 0.1) is 0 Å². The minimum atomic E-state index is 0.263. The van der Waals surface area contributed by atoms with E-state index in [4.69, 9.17) is 0 Å². The van der Waals surface area contributed by atoms with Gasteiger partial charge >= 0.3 is 0 Å². The monoisotopic (exact) mass is 412 g/mol. The summed E-state index contributed by atoms with van der Waals surface area (Å²) in [5.74, 6) is 0.263. The fourth-order valence-electron chi connectivity index (χ4n) is 4.94. The molecule has 5 nitrogen and oxygen atoms in total. The van der Waals surface area contributed by atoms with Crippen molar-refractivity contribution < 1.29 is 4.79 Å². The SMILES string of the molecule is CCN(CC)CCC1=Cc2ccc3c(c2-c2cc(-n4nccn4)ccc2C1)CCC3=O. The highest BCUT2D eigenvalue weighted by Crippen LogP contribution is 2.41. The molecule has 0 bridgehead atoms. The van der Waals surface area contributed by atoms with Crippen molar-refractivity contribution in [2.24, 2.45) is 0 Å². The van der Waals surface area contributed by atoms with Crippen LogP contribution in [0.15, 0.2) is 48.3 Å². The van der Waals surface area contributed by atoms with Crippen molar-refractivity contribution in [2.75, 3.05) is 19.6 Å². The van der Waals surface area contributed by atoms with Crippen molar-refractivity contribution in [1.82, 2.24) is 19.9 Å². The molecule has 5 heteroatoms. The van der Waals surface area contributed by atoms with E-state index in [1.54, 1.807) is 17.2 Å².